The average molecular weight is 296 g/mol. The van der Waals surface area contributed by atoms with Crippen LogP contribution in [0.4, 0.5) is 0 Å². The van der Waals surface area contributed by atoms with Crippen LogP contribution in [0.25, 0.3) is 0 Å². The number of ether oxygens (including phenoxy) is 1. The first-order valence-electron chi connectivity index (χ1n) is 5.92. The van der Waals surface area contributed by atoms with E-state index < -0.39 is 0 Å². The highest BCUT2D eigenvalue weighted by molar-refractivity contribution is 8.75. The van der Waals surface area contributed by atoms with E-state index >= 15 is 0 Å². The number of amides is 2. The summed E-state index contributed by atoms with van der Waals surface area (Å²) in [5, 5.41) is 0. The van der Waals surface area contributed by atoms with Crippen LogP contribution in [0.3, 0.4) is 0 Å². The molecular weight excluding hydrogens is 284 g/mol. The van der Waals surface area contributed by atoms with Crippen LogP contribution in [-0.4, -0.2) is 46.7 Å². The molecular formula is C12H12N2O3S2. The molecule has 1 aromatic carbocycles. The summed E-state index contributed by atoms with van der Waals surface area (Å²) in [5.41, 5.74) is 0.977. The van der Waals surface area contributed by atoms with Gasteiger partial charge in [0.15, 0.2) is 0 Å². The summed E-state index contributed by atoms with van der Waals surface area (Å²) in [6.07, 6.45) is 0. The number of benzene rings is 1. The van der Waals surface area contributed by atoms with Crippen LogP contribution in [0.15, 0.2) is 24.3 Å². The maximum atomic E-state index is 12.1. The van der Waals surface area contributed by atoms with Crippen molar-refractivity contribution in [3.63, 3.8) is 0 Å². The van der Waals surface area contributed by atoms with Gasteiger partial charge in [-0.05, 0) is 12.1 Å². The van der Waals surface area contributed by atoms with Gasteiger partial charge >= 0.3 is 0 Å². The summed E-state index contributed by atoms with van der Waals surface area (Å²) in [4.78, 5) is 24.2. The predicted molar refractivity (Wildman–Crippen MR) is 74.5 cm³/mol. The van der Waals surface area contributed by atoms with Gasteiger partial charge in [0.1, 0.15) is 0 Å². The van der Waals surface area contributed by atoms with Crippen LogP contribution in [0, 0.1) is 0 Å². The largest absolute Gasteiger partial charge is 0.379 e. The van der Waals surface area contributed by atoms with Gasteiger partial charge in [0.05, 0.1) is 24.3 Å². The Balaban J connectivity index is 1.67. The first-order chi connectivity index (χ1) is 9.27. The lowest BCUT2D eigenvalue weighted by Gasteiger charge is -2.25. The molecule has 0 atom stereocenters. The zero-order chi connectivity index (χ0) is 13.2. The van der Waals surface area contributed by atoms with E-state index in [-0.39, 0.29) is 11.8 Å². The van der Waals surface area contributed by atoms with Gasteiger partial charge in [-0.2, -0.15) is 0 Å². The third-order valence-electron chi connectivity index (χ3n) is 2.94. The molecule has 1 fully saturated rings. The maximum Gasteiger partial charge on any atom is 0.272 e. The Kier molecular flexibility index (Phi) is 3.79. The minimum Gasteiger partial charge on any atom is -0.379 e. The lowest BCUT2D eigenvalue weighted by atomic mass is 10.1. The molecule has 19 heavy (non-hydrogen) atoms. The van der Waals surface area contributed by atoms with Crippen molar-refractivity contribution in [2.45, 2.75) is 0 Å². The fourth-order valence-corrected chi connectivity index (χ4v) is 4.06. The van der Waals surface area contributed by atoms with Gasteiger partial charge in [-0.15, -0.1) is 0 Å². The molecule has 2 heterocycles. The third kappa shape index (κ3) is 2.51. The standard InChI is InChI=1S/C12H12N2O3S2/c15-11-9-3-1-2-4-10(9)12(16)14(11)19-18-13-5-7-17-8-6-13/h1-4H,5-8H2. The van der Waals surface area contributed by atoms with Crippen molar-refractivity contribution in [2.24, 2.45) is 0 Å². The lowest BCUT2D eigenvalue weighted by molar-refractivity contribution is 0.0772. The molecule has 0 unspecified atom stereocenters. The van der Waals surface area contributed by atoms with E-state index in [0.29, 0.717) is 24.3 Å². The number of morpholine rings is 1. The van der Waals surface area contributed by atoms with Crippen LogP contribution in [0.1, 0.15) is 20.7 Å². The normalized spacial score (nSPS) is 19.9. The first kappa shape index (κ1) is 13.0. The van der Waals surface area contributed by atoms with Crippen LogP contribution < -0.4 is 0 Å². The van der Waals surface area contributed by atoms with E-state index in [2.05, 4.69) is 4.31 Å². The second-order valence-electron chi connectivity index (χ2n) is 4.14. The molecule has 5 nitrogen and oxygen atoms in total. The molecule has 1 aromatic rings. The summed E-state index contributed by atoms with van der Waals surface area (Å²) < 4.78 is 8.57. The van der Waals surface area contributed by atoms with Crippen LogP contribution in [0.2, 0.25) is 0 Å². The number of hydrogen-bond acceptors (Lipinski definition) is 6. The second-order valence-corrected chi connectivity index (χ2v) is 6.21. The molecule has 0 spiro atoms. The summed E-state index contributed by atoms with van der Waals surface area (Å²) in [6.45, 7) is 2.99. The molecule has 0 aromatic heterocycles. The zero-order valence-electron chi connectivity index (χ0n) is 10.1. The molecule has 0 aliphatic carbocycles. The van der Waals surface area contributed by atoms with Gasteiger partial charge in [-0.3, -0.25) is 9.59 Å². The smallest absolute Gasteiger partial charge is 0.272 e. The van der Waals surface area contributed by atoms with E-state index in [4.69, 9.17) is 4.74 Å². The highest BCUT2D eigenvalue weighted by Gasteiger charge is 2.36. The molecule has 2 aliphatic heterocycles. The Labute approximate surface area is 118 Å². The maximum absolute atomic E-state index is 12.1. The molecule has 0 radical (unpaired) electrons. The first-order valence-corrected chi connectivity index (χ1v) is 7.99. The quantitative estimate of drug-likeness (QED) is 0.482. The molecule has 2 aliphatic rings. The fourth-order valence-electron chi connectivity index (χ4n) is 1.94. The van der Waals surface area contributed by atoms with Gasteiger partial charge in [-0.1, -0.05) is 12.1 Å². The second kappa shape index (κ2) is 5.54. The molecule has 0 bridgehead atoms. The number of nitrogens with zero attached hydrogens (tertiary/aromatic N) is 2. The highest BCUT2D eigenvalue weighted by atomic mass is 33.1. The molecule has 100 valence electrons. The molecule has 0 saturated carbocycles. The minimum atomic E-state index is -0.230. The van der Waals surface area contributed by atoms with E-state index in [1.165, 1.54) is 26.3 Å². The van der Waals surface area contributed by atoms with Gasteiger partial charge < -0.3 is 4.74 Å². The van der Waals surface area contributed by atoms with Crippen LogP contribution >= 0.6 is 22.0 Å². The lowest BCUT2D eigenvalue weighted by Crippen LogP contribution is -2.31. The molecule has 7 heteroatoms. The Hall–Kier alpha value is -1.02. The summed E-state index contributed by atoms with van der Waals surface area (Å²) in [6, 6.07) is 6.92. The molecule has 1 saturated heterocycles. The zero-order valence-corrected chi connectivity index (χ0v) is 11.7. The monoisotopic (exact) mass is 296 g/mol. The Morgan fingerprint density at radius 1 is 0.947 bits per heavy atom. The topological polar surface area (TPSA) is 49.9 Å². The van der Waals surface area contributed by atoms with Gasteiger partial charge in [0.2, 0.25) is 0 Å². The van der Waals surface area contributed by atoms with Crippen molar-refractivity contribution in [1.82, 2.24) is 8.61 Å². The summed E-state index contributed by atoms with van der Waals surface area (Å²) in [5.74, 6) is -0.460. The third-order valence-corrected chi connectivity index (χ3v) is 5.34. The average Bonchev–Trinajstić information content (AvgIpc) is 2.71. The number of rotatable bonds is 3. The number of carbonyl (C=O) groups is 2. The fraction of sp³-hybridized carbons (Fsp3) is 0.333. The molecule has 0 N–H and O–H groups in total. The Morgan fingerprint density at radius 3 is 2.11 bits per heavy atom. The Morgan fingerprint density at radius 2 is 1.53 bits per heavy atom. The SMILES string of the molecule is O=C1c2ccccc2C(=O)N1SSN1CCOCC1. The van der Waals surface area contributed by atoms with Gasteiger partial charge in [0, 0.05) is 35.0 Å². The van der Waals surface area contributed by atoms with E-state index in [0.717, 1.165) is 13.1 Å². The van der Waals surface area contributed by atoms with E-state index in [9.17, 15) is 9.59 Å². The molecule has 2 amide bonds. The van der Waals surface area contributed by atoms with E-state index in [1.807, 2.05) is 0 Å². The summed E-state index contributed by atoms with van der Waals surface area (Å²) >= 11 is 0. The molecule has 3 rings (SSSR count). The van der Waals surface area contributed by atoms with Crippen molar-refractivity contribution < 1.29 is 14.3 Å². The van der Waals surface area contributed by atoms with Crippen molar-refractivity contribution >= 4 is 33.8 Å². The van der Waals surface area contributed by atoms with E-state index in [1.54, 1.807) is 24.3 Å². The number of fused-ring (bicyclic) bond motifs is 1. The van der Waals surface area contributed by atoms with Crippen LogP contribution in [0.5, 0.6) is 0 Å². The minimum absolute atomic E-state index is 0.230. The van der Waals surface area contributed by atoms with Crippen molar-refractivity contribution in [2.75, 3.05) is 26.3 Å². The number of hydrogen-bond donors (Lipinski definition) is 0. The highest BCUT2D eigenvalue weighted by Crippen LogP contribution is 2.36. The van der Waals surface area contributed by atoms with Crippen molar-refractivity contribution in [3.05, 3.63) is 35.4 Å². The van der Waals surface area contributed by atoms with Crippen molar-refractivity contribution in [3.8, 4) is 0 Å². The Bertz CT molecular complexity index is 482. The van der Waals surface area contributed by atoms with Gasteiger partial charge in [0.25, 0.3) is 11.8 Å². The van der Waals surface area contributed by atoms with Crippen LogP contribution in [-0.2, 0) is 4.74 Å². The van der Waals surface area contributed by atoms with Gasteiger partial charge in [-0.25, -0.2) is 8.61 Å². The number of imide groups is 1. The predicted octanol–water partition coefficient (Wildman–Crippen LogP) is 1.83. The summed E-state index contributed by atoms with van der Waals surface area (Å²) in [7, 11) is 2.61. The number of carbonyl (C=O) groups excluding carboxylic acids is 2. The van der Waals surface area contributed by atoms with Crippen molar-refractivity contribution in [1.29, 1.82) is 0 Å².